The lowest BCUT2D eigenvalue weighted by atomic mass is 9.33. The van der Waals surface area contributed by atoms with Gasteiger partial charge >= 0.3 is 0 Å². The van der Waals surface area contributed by atoms with Crippen LogP contribution in [0.15, 0.2) is 242 Å². The number of anilines is 12. The van der Waals surface area contributed by atoms with Crippen LogP contribution in [-0.4, -0.2) is 6.71 Å². The van der Waals surface area contributed by atoms with Crippen molar-refractivity contribution in [3.63, 3.8) is 0 Å². The van der Waals surface area contributed by atoms with Gasteiger partial charge in [-0.3, -0.25) is 0 Å². The summed E-state index contributed by atoms with van der Waals surface area (Å²) < 4.78 is 350. The van der Waals surface area contributed by atoms with Crippen molar-refractivity contribution in [3.05, 3.63) is 314 Å². The van der Waals surface area contributed by atoms with Crippen LogP contribution in [0.1, 0.15) is 331 Å². The van der Waals surface area contributed by atoms with E-state index < -0.39 is 269 Å². The molecule has 0 N–H and O–H groups in total. The van der Waals surface area contributed by atoms with Crippen LogP contribution >= 0.6 is 11.6 Å². The second kappa shape index (κ2) is 32.5. The first-order valence-electron chi connectivity index (χ1n) is 59.0. The summed E-state index contributed by atoms with van der Waals surface area (Å²) in [5, 5.41) is -0.512. The largest absolute Gasteiger partial charge is 0.311 e. The second-order valence-electron chi connectivity index (χ2n) is 42.0. The molecule has 14 rings (SSSR count). The Morgan fingerprint density at radius 1 is 0.264 bits per heavy atom. The van der Waals surface area contributed by atoms with Crippen molar-refractivity contribution in [2.45, 2.75) is 283 Å². The Kier molecular flexibility index (Phi) is 14.5. The Balaban J connectivity index is 0.000000275. The lowest BCUT2D eigenvalue weighted by molar-refractivity contribution is 0.589. The fraction of sp³-hybridized carbons (Fsp3) is 0.374. The van der Waals surface area contributed by atoms with Crippen LogP contribution in [0.4, 0.5) is 68.2 Å². The van der Waals surface area contributed by atoms with E-state index in [9.17, 15) is 49.3 Å². The summed E-state index contributed by atoms with van der Waals surface area (Å²) in [6, 6.07) is -11.7. The van der Waals surface area contributed by atoms with Gasteiger partial charge in [0.15, 0.2) is 0 Å². The molecule has 6 heteroatoms. The summed E-state index contributed by atoms with van der Waals surface area (Å²) in [5.74, 6) is 0. The standard InChI is InChI=1S/C57H67BN2.C57H69ClN2.CH4/c1-36-31-50-52-51(32-36)60(47-28-23-40(55(8,9)10)33-44(47)37-17-19-38(20-18-37)53(2,3)4)49-30-25-42(57(14,15)16)35-46(49)58(52)45-34-41(56(11,12)13)24-29-48(45)59(50)43-26-21-39(22-27-43)54(5,6)7;1-38-35-50(59(45-28-21-41(22-29-45)54(5,6)7)46-30-23-42(24-31-46)55(8,9)10)52(58)51(36-38)60(47-32-25-43(26-33-47)56(11,12)13)49-34-27-44(57(14,15)16)37-48(49)39-17-19-40(20-18-39)53(2,3)4;/h17-35H,1-16H3;17-37H,1-16H3;1H4/i17D,18D,19D,20D,21D,22D,23D,24D,25D,26D,27D,28D,29D,30D,33D,34D,35D;17D,18D,19D,20D,21D,22D,23D,24D,25D,26D,27D,28D,29D,30D,31D,32D,33D,34D,37D;. The van der Waals surface area contributed by atoms with Crippen molar-refractivity contribution < 1.29 is 49.3 Å². The van der Waals surface area contributed by atoms with Crippen molar-refractivity contribution >= 4 is 103 Å². The quantitative estimate of drug-likeness (QED) is 0.127. The van der Waals surface area contributed by atoms with Gasteiger partial charge in [-0.1, -0.05) is 360 Å². The number of halogens is 1. The Bertz CT molecular complexity index is 7840. The number of aryl methyl sites for hydroxylation is 2. The molecule has 0 amide bonds. The van der Waals surface area contributed by atoms with Gasteiger partial charge < -0.3 is 19.6 Å². The molecule has 4 nitrogen and oxygen atoms in total. The fourth-order valence-corrected chi connectivity index (χ4v) is 14.0. The molecule has 0 atom stereocenters. The van der Waals surface area contributed by atoms with Crippen LogP contribution in [0.2, 0.25) is 5.02 Å². The summed E-state index contributed by atoms with van der Waals surface area (Å²) in [5.41, 5.74) is -13.3. The molecular formula is C115H140BClN4. The molecule has 0 bridgehead atoms. The SMILES string of the molecule is C.[2H]c1c([2H])c(C(C)(C)C)c([2H])c([2H])c1-c1c([2H])c(C(C)(C)C)c([2H])c([2H])c1N(c1cc(C)cc(N(c2c([2H])c([2H])c(C(C)(C)C)c([2H])c2[2H])c2c([2H])c([2H])c(C(C)(C)C)c([2H])c2[2H])c1Cl)c1c([2H])c([2H])c(C(C)(C)C)c([2H])c1[2H].[2H]c1c([2H])c(C(C)(C)C)c([2H])c([2H])c1-c1c([2H])c(C(C)(C)C)c([2H])c([2H])c1N1c2cc(C)cc3c2B(c2c([2H])c(C(C)(C)C)c([2H])c([2H])c2N3c2c([2H])c([2H])c(C(C)(C)C)c([2H])c2[2H])c2c([2H])c(C(C)(C)C)c([2H])c([2H])c21. The predicted octanol–water partition coefficient (Wildman–Crippen LogP) is 32.6. The van der Waals surface area contributed by atoms with Crippen molar-refractivity contribution in [3.8, 4) is 22.3 Å². The van der Waals surface area contributed by atoms with Crippen molar-refractivity contribution in [1.29, 1.82) is 0 Å². The molecule has 0 saturated carbocycles. The number of hydrogen-bond acceptors (Lipinski definition) is 4. The molecule has 0 fully saturated rings. The van der Waals surface area contributed by atoms with Crippen LogP contribution in [-0.2, 0) is 54.1 Å². The molecule has 2 aliphatic heterocycles. The van der Waals surface area contributed by atoms with Crippen molar-refractivity contribution in [2.75, 3.05) is 19.6 Å². The first-order valence-corrected chi connectivity index (χ1v) is 41.4. The average Bonchev–Trinajstić information content (AvgIpc) is 0.670. The van der Waals surface area contributed by atoms with Gasteiger partial charge in [-0.05, 0) is 271 Å². The third-order valence-electron chi connectivity index (χ3n) is 21.0. The van der Waals surface area contributed by atoms with E-state index in [1.165, 1.54) is 21.9 Å². The highest BCUT2D eigenvalue weighted by Gasteiger charge is 2.45. The molecule has 0 unspecified atom stereocenters. The molecule has 0 aliphatic carbocycles. The zero-order chi connectivity index (χ0) is 119. The number of nitrogens with zero attached hydrogens (tertiary/aromatic N) is 4. The molecule has 0 radical (unpaired) electrons. The maximum atomic E-state index is 10.4. The molecule has 630 valence electrons. The van der Waals surface area contributed by atoms with E-state index in [4.69, 9.17) is 11.6 Å². The smallest absolute Gasteiger partial charge is 0.252 e. The molecular weight excluding hydrogens is 1480 g/mol. The van der Waals surface area contributed by atoms with Gasteiger partial charge in [-0.25, -0.2) is 0 Å². The van der Waals surface area contributed by atoms with E-state index in [2.05, 4.69) is 0 Å². The third kappa shape index (κ3) is 18.8. The lowest BCUT2D eigenvalue weighted by Gasteiger charge is -2.45. The summed E-state index contributed by atoms with van der Waals surface area (Å²) in [4.78, 5) is 4.78. The van der Waals surface area contributed by atoms with Gasteiger partial charge in [0.2, 0.25) is 0 Å². The van der Waals surface area contributed by atoms with E-state index in [0.717, 1.165) is 9.80 Å². The zero-order valence-corrected chi connectivity index (χ0v) is 76.8. The minimum atomic E-state index is -1.31. The first-order chi connectivity index (χ1) is 70.7. The number of rotatable bonds is 10. The monoisotopic (exact) mass is 1660 g/mol. The number of hydrogen-bond donors (Lipinski definition) is 0. The van der Waals surface area contributed by atoms with Crippen LogP contribution in [0, 0.1) is 13.8 Å². The summed E-state index contributed by atoms with van der Waals surface area (Å²) in [6.45, 7) is 54.1. The van der Waals surface area contributed by atoms with Crippen molar-refractivity contribution in [1.82, 2.24) is 0 Å². The van der Waals surface area contributed by atoms with Crippen LogP contribution in [0.3, 0.4) is 0 Å². The molecule has 12 aromatic rings. The summed E-state index contributed by atoms with van der Waals surface area (Å²) in [7, 11) is 0. The minimum absolute atomic E-state index is 0. The van der Waals surface area contributed by atoms with E-state index in [1.807, 2.05) is 0 Å². The van der Waals surface area contributed by atoms with E-state index >= 15 is 0 Å². The molecule has 0 aromatic heterocycles. The van der Waals surface area contributed by atoms with E-state index in [1.54, 1.807) is 234 Å². The Labute approximate surface area is 787 Å². The third-order valence-corrected chi connectivity index (χ3v) is 21.4. The van der Waals surface area contributed by atoms with E-state index in [-0.39, 0.29) is 190 Å². The lowest BCUT2D eigenvalue weighted by Crippen LogP contribution is -2.61. The Morgan fingerprint density at radius 2 is 0.529 bits per heavy atom. The normalized spacial score (nSPS) is 17.5. The molecule has 0 spiro atoms. The van der Waals surface area contributed by atoms with Gasteiger partial charge in [0, 0.05) is 56.6 Å². The summed E-state index contributed by atoms with van der Waals surface area (Å²) in [6.07, 6.45) is 0. The number of benzene rings is 12. The molecule has 121 heavy (non-hydrogen) atoms. The molecule has 2 aliphatic rings. The van der Waals surface area contributed by atoms with E-state index in [0.29, 0.717) is 5.56 Å². The van der Waals surface area contributed by atoms with Gasteiger partial charge in [-0.15, -0.1) is 0 Å². The Morgan fingerprint density at radius 3 is 0.893 bits per heavy atom. The minimum Gasteiger partial charge on any atom is -0.311 e. The van der Waals surface area contributed by atoms with Gasteiger partial charge in [0.1, 0.15) is 0 Å². The first kappa shape index (κ1) is 54.0. The maximum Gasteiger partial charge on any atom is 0.252 e. The summed E-state index contributed by atoms with van der Waals surface area (Å²) >= 11 is 7.83. The van der Waals surface area contributed by atoms with Gasteiger partial charge in [0.05, 0.1) is 77.1 Å². The highest BCUT2D eigenvalue weighted by atomic mass is 35.5. The van der Waals surface area contributed by atoms with Crippen LogP contribution in [0.5, 0.6) is 0 Å². The van der Waals surface area contributed by atoms with Gasteiger partial charge in [0.25, 0.3) is 6.71 Å². The highest BCUT2D eigenvalue weighted by Crippen LogP contribution is 2.53. The second-order valence-corrected chi connectivity index (χ2v) is 42.4. The van der Waals surface area contributed by atoms with Crippen LogP contribution < -0.4 is 36.0 Å². The molecule has 2 heterocycles. The van der Waals surface area contributed by atoms with Crippen LogP contribution in [0.25, 0.3) is 22.3 Å². The Hall–Kier alpha value is -9.81. The topological polar surface area (TPSA) is 13.0 Å². The van der Waals surface area contributed by atoms with Crippen molar-refractivity contribution in [2.24, 2.45) is 0 Å². The number of fused-ring (bicyclic) bond motifs is 4. The average molecular weight is 1660 g/mol. The molecule has 0 saturated heterocycles. The predicted molar refractivity (Wildman–Crippen MR) is 535 cm³/mol. The highest BCUT2D eigenvalue weighted by molar-refractivity contribution is 7.00. The maximum absolute atomic E-state index is 10.4. The van der Waals surface area contributed by atoms with Gasteiger partial charge in [-0.2, -0.15) is 0 Å². The fourth-order valence-electron chi connectivity index (χ4n) is 13.7. The zero-order valence-electron chi connectivity index (χ0n) is 112. The molecule has 12 aromatic carbocycles.